The monoisotopic (exact) mass is 323 g/mol. The molecule has 0 saturated heterocycles. The third-order valence-corrected chi connectivity index (χ3v) is 5.44. The molecule has 2 unspecified atom stereocenters. The number of rotatable bonds is 2. The predicted molar refractivity (Wildman–Crippen MR) is 101 cm³/mol. The van der Waals surface area contributed by atoms with Gasteiger partial charge in [0.1, 0.15) is 0 Å². The average Bonchev–Trinajstić information content (AvgIpc) is 3.22. The summed E-state index contributed by atoms with van der Waals surface area (Å²) >= 11 is 0. The molecule has 1 amide bonds. The first-order chi connectivity index (χ1) is 11.7. The van der Waals surface area contributed by atoms with E-state index in [1.807, 2.05) is 6.07 Å². The fourth-order valence-electron chi connectivity index (χ4n) is 4.03. The number of benzene rings is 1. The fourth-order valence-corrected chi connectivity index (χ4v) is 4.03. The first-order valence-electron chi connectivity index (χ1n) is 9.35. The van der Waals surface area contributed by atoms with Crippen molar-refractivity contribution in [3.8, 4) is 0 Å². The quantitative estimate of drug-likeness (QED) is 0.708. The maximum Gasteiger partial charge on any atom is 0.228 e. The minimum Gasteiger partial charge on any atom is -0.326 e. The van der Waals surface area contributed by atoms with Crippen LogP contribution in [0.3, 0.4) is 0 Å². The molecule has 1 aromatic rings. The molecular formula is C22H29NO. The first-order valence-corrected chi connectivity index (χ1v) is 9.35. The molecule has 2 aliphatic rings. The highest BCUT2D eigenvalue weighted by Gasteiger charge is 2.52. The van der Waals surface area contributed by atoms with Crippen LogP contribution >= 0.6 is 0 Å². The van der Waals surface area contributed by atoms with E-state index >= 15 is 0 Å². The summed E-state index contributed by atoms with van der Waals surface area (Å²) < 4.78 is 0. The molecule has 128 valence electrons. The van der Waals surface area contributed by atoms with Gasteiger partial charge >= 0.3 is 0 Å². The molecule has 2 nitrogen and oxygen atoms in total. The molecule has 1 saturated carbocycles. The summed E-state index contributed by atoms with van der Waals surface area (Å²) in [4.78, 5) is 12.8. The van der Waals surface area contributed by atoms with Gasteiger partial charge in [-0.1, -0.05) is 42.0 Å². The Hall–Kier alpha value is -1.83. The summed E-state index contributed by atoms with van der Waals surface area (Å²) in [5.41, 5.74) is 3.35. The zero-order valence-corrected chi connectivity index (χ0v) is 14.9. The number of carbonyl (C=O) groups is 1. The van der Waals surface area contributed by atoms with Gasteiger partial charge in [0.25, 0.3) is 0 Å². The lowest BCUT2D eigenvalue weighted by Gasteiger charge is -2.09. The Kier molecular flexibility index (Phi) is 5.55. The van der Waals surface area contributed by atoms with E-state index in [-0.39, 0.29) is 11.8 Å². The SMILES string of the molecule is Cc1ccc(NC(=O)C2C3CC/C=C\CC/C=C\CCC32)c(C)c1. The highest BCUT2D eigenvalue weighted by Crippen LogP contribution is 2.52. The minimum atomic E-state index is 0.202. The van der Waals surface area contributed by atoms with Crippen molar-refractivity contribution < 1.29 is 4.79 Å². The van der Waals surface area contributed by atoms with Crippen LogP contribution in [-0.4, -0.2) is 5.91 Å². The molecule has 0 heterocycles. The molecule has 3 rings (SSSR count). The van der Waals surface area contributed by atoms with Gasteiger partial charge in [-0.2, -0.15) is 0 Å². The van der Waals surface area contributed by atoms with Crippen LogP contribution in [0.5, 0.6) is 0 Å². The Morgan fingerprint density at radius 2 is 1.50 bits per heavy atom. The van der Waals surface area contributed by atoms with E-state index in [2.05, 4.69) is 55.6 Å². The summed E-state index contributed by atoms with van der Waals surface area (Å²) in [6.07, 6.45) is 16.0. The standard InChI is InChI=1S/C22H29NO/c1-16-13-14-20(17(2)15-16)23-22(24)21-18-11-9-7-5-3-4-6-8-10-12-19(18)21/h5-8,13-15,18-19,21H,3-4,9-12H2,1-2H3,(H,23,24)/b7-5-,8-6-. The Labute approximate surface area is 146 Å². The molecule has 2 atom stereocenters. The van der Waals surface area contributed by atoms with E-state index < -0.39 is 0 Å². The molecule has 0 spiro atoms. The lowest BCUT2D eigenvalue weighted by Crippen LogP contribution is -2.16. The molecule has 0 aliphatic heterocycles. The molecule has 0 aromatic heterocycles. The van der Waals surface area contributed by atoms with Crippen LogP contribution in [0.4, 0.5) is 5.69 Å². The van der Waals surface area contributed by atoms with Gasteiger partial charge in [0, 0.05) is 11.6 Å². The minimum absolute atomic E-state index is 0.202. The summed E-state index contributed by atoms with van der Waals surface area (Å²) in [5, 5.41) is 3.18. The van der Waals surface area contributed by atoms with Crippen LogP contribution < -0.4 is 5.32 Å². The van der Waals surface area contributed by atoms with Crippen LogP contribution in [0.25, 0.3) is 0 Å². The van der Waals surface area contributed by atoms with Gasteiger partial charge in [0.05, 0.1) is 0 Å². The summed E-state index contributed by atoms with van der Waals surface area (Å²) in [7, 11) is 0. The number of anilines is 1. The highest BCUT2D eigenvalue weighted by atomic mass is 16.2. The molecule has 2 aliphatic carbocycles. The molecular weight excluding hydrogens is 294 g/mol. The number of nitrogens with one attached hydrogen (secondary N) is 1. The number of carbonyl (C=O) groups excluding carboxylic acids is 1. The zero-order valence-electron chi connectivity index (χ0n) is 14.9. The number of fused-ring (bicyclic) bond motifs is 1. The van der Waals surface area contributed by atoms with Crippen molar-refractivity contribution in [2.45, 2.75) is 52.4 Å². The van der Waals surface area contributed by atoms with Gasteiger partial charge in [0.2, 0.25) is 5.91 Å². The van der Waals surface area contributed by atoms with Crippen molar-refractivity contribution in [3.05, 3.63) is 53.6 Å². The average molecular weight is 323 g/mol. The number of aryl methyl sites for hydroxylation is 2. The van der Waals surface area contributed by atoms with Gasteiger partial charge in [0.15, 0.2) is 0 Å². The van der Waals surface area contributed by atoms with Crippen molar-refractivity contribution in [2.75, 3.05) is 5.32 Å². The first kappa shape index (κ1) is 17.0. The van der Waals surface area contributed by atoms with Gasteiger partial charge < -0.3 is 5.32 Å². The summed E-state index contributed by atoms with van der Waals surface area (Å²) in [6, 6.07) is 6.22. The van der Waals surface area contributed by atoms with Crippen LogP contribution in [0.1, 0.15) is 49.7 Å². The highest BCUT2D eigenvalue weighted by molar-refractivity contribution is 5.95. The van der Waals surface area contributed by atoms with Crippen LogP contribution in [0, 0.1) is 31.6 Å². The van der Waals surface area contributed by atoms with E-state index in [0.717, 1.165) is 49.8 Å². The Morgan fingerprint density at radius 3 is 2.08 bits per heavy atom. The number of hydrogen-bond donors (Lipinski definition) is 1. The van der Waals surface area contributed by atoms with Gasteiger partial charge in [-0.3, -0.25) is 4.79 Å². The molecule has 0 bridgehead atoms. The van der Waals surface area contributed by atoms with Gasteiger partial charge in [-0.25, -0.2) is 0 Å². The number of hydrogen-bond acceptors (Lipinski definition) is 1. The van der Waals surface area contributed by atoms with Gasteiger partial charge in [-0.15, -0.1) is 0 Å². The Bertz CT molecular complexity index is 619. The van der Waals surface area contributed by atoms with Crippen molar-refractivity contribution in [1.29, 1.82) is 0 Å². The second-order valence-corrected chi connectivity index (χ2v) is 7.34. The third kappa shape index (κ3) is 4.17. The van der Waals surface area contributed by atoms with E-state index in [1.165, 1.54) is 5.56 Å². The maximum absolute atomic E-state index is 12.8. The van der Waals surface area contributed by atoms with E-state index in [4.69, 9.17) is 0 Å². The molecule has 24 heavy (non-hydrogen) atoms. The number of allylic oxidation sites excluding steroid dienone is 4. The van der Waals surface area contributed by atoms with Crippen molar-refractivity contribution >= 4 is 11.6 Å². The largest absolute Gasteiger partial charge is 0.326 e. The topological polar surface area (TPSA) is 29.1 Å². The van der Waals surface area contributed by atoms with Crippen LogP contribution in [-0.2, 0) is 4.79 Å². The Balaban J connectivity index is 1.64. The van der Waals surface area contributed by atoms with E-state index in [9.17, 15) is 4.79 Å². The third-order valence-electron chi connectivity index (χ3n) is 5.44. The van der Waals surface area contributed by atoms with Crippen molar-refractivity contribution in [3.63, 3.8) is 0 Å². The smallest absolute Gasteiger partial charge is 0.228 e. The van der Waals surface area contributed by atoms with E-state index in [1.54, 1.807) is 0 Å². The lowest BCUT2D eigenvalue weighted by atomic mass is 10.1. The molecule has 1 aromatic carbocycles. The lowest BCUT2D eigenvalue weighted by molar-refractivity contribution is -0.117. The van der Waals surface area contributed by atoms with E-state index in [0.29, 0.717) is 11.8 Å². The maximum atomic E-state index is 12.8. The van der Waals surface area contributed by atoms with Crippen LogP contribution in [0.15, 0.2) is 42.5 Å². The predicted octanol–water partition coefficient (Wildman–Crippen LogP) is 5.57. The normalized spacial score (nSPS) is 29.5. The van der Waals surface area contributed by atoms with Crippen molar-refractivity contribution in [2.24, 2.45) is 17.8 Å². The van der Waals surface area contributed by atoms with Gasteiger partial charge in [-0.05, 0) is 75.8 Å². The fraction of sp³-hybridized carbons (Fsp3) is 0.500. The second-order valence-electron chi connectivity index (χ2n) is 7.34. The van der Waals surface area contributed by atoms with Crippen LogP contribution in [0.2, 0.25) is 0 Å². The molecule has 0 radical (unpaired) electrons. The zero-order chi connectivity index (χ0) is 16.9. The second kappa shape index (κ2) is 7.83. The van der Waals surface area contributed by atoms with Crippen molar-refractivity contribution in [1.82, 2.24) is 0 Å². The molecule has 2 heteroatoms. The summed E-state index contributed by atoms with van der Waals surface area (Å²) in [6.45, 7) is 4.15. The number of amides is 1. The molecule has 1 fully saturated rings. The summed E-state index contributed by atoms with van der Waals surface area (Å²) in [5.74, 6) is 1.55. The Morgan fingerprint density at radius 1 is 0.917 bits per heavy atom. The molecule has 1 N–H and O–H groups in total.